The quantitative estimate of drug-likeness (QED) is 0.855. The minimum atomic E-state index is 0.115. The second-order valence-electron chi connectivity index (χ2n) is 3.90. The average Bonchev–Trinajstić information content (AvgIpc) is 3.02. The van der Waals surface area contributed by atoms with Crippen LogP contribution in [0.4, 0.5) is 0 Å². The molecule has 82 valence electrons. The van der Waals surface area contributed by atoms with Crippen molar-refractivity contribution in [3.8, 4) is 0 Å². The van der Waals surface area contributed by atoms with Gasteiger partial charge < -0.3 is 11.1 Å². The molecule has 2 nitrogen and oxygen atoms in total. The Labute approximate surface area is 99.7 Å². The Morgan fingerprint density at radius 1 is 1.40 bits per heavy atom. The first kappa shape index (κ1) is 11.2. The summed E-state index contributed by atoms with van der Waals surface area (Å²) in [5.74, 6) is 0. The van der Waals surface area contributed by atoms with Crippen molar-refractivity contribution in [2.45, 2.75) is 24.9 Å². The van der Waals surface area contributed by atoms with Gasteiger partial charge in [0.1, 0.15) is 0 Å². The number of halogens is 2. The SMILES string of the molecule is NCC(NC1CC1)c1cc(Cl)ccc1Cl. The highest BCUT2D eigenvalue weighted by atomic mass is 35.5. The molecular formula is C11H14Cl2N2. The van der Waals surface area contributed by atoms with E-state index < -0.39 is 0 Å². The number of nitrogens with one attached hydrogen (secondary N) is 1. The zero-order valence-corrected chi connectivity index (χ0v) is 9.85. The molecule has 0 amide bonds. The lowest BCUT2D eigenvalue weighted by molar-refractivity contribution is 0.539. The van der Waals surface area contributed by atoms with Crippen LogP contribution in [-0.4, -0.2) is 12.6 Å². The Morgan fingerprint density at radius 2 is 2.13 bits per heavy atom. The topological polar surface area (TPSA) is 38.0 Å². The molecule has 1 aromatic rings. The van der Waals surface area contributed by atoms with E-state index in [4.69, 9.17) is 28.9 Å². The maximum Gasteiger partial charge on any atom is 0.0462 e. The number of hydrogen-bond acceptors (Lipinski definition) is 2. The van der Waals surface area contributed by atoms with E-state index in [0.29, 0.717) is 17.6 Å². The summed E-state index contributed by atoms with van der Waals surface area (Å²) in [6.45, 7) is 0.538. The molecule has 0 saturated heterocycles. The summed E-state index contributed by atoms with van der Waals surface area (Å²) in [6.07, 6.45) is 2.46. The third kappa shape index (κ3) is 2.85. The summed E-state index contributed by atoms with van der Waals surface area (Å²) in [6, 6.07) is 6.21. The zero-order chi connectivity index (χ0) is 10.8. The fourth-order valence-corrected chi connectivity index (χ4v) is 2.03. The van der Waals surface area contributed by atoms with Crippen LogP contribution >= 0.6 is 23.2 Å². The molecular weight excluding hydrogens is 231 g/mol. The van der Waals surface area contributed by atoms with Gasteiger partial charge >= 0.3 is 0 Å². The fourth-order valence-electron chi connectivity index (χ4n) is 1.60. The third-order valence-corrected chi connectivity index (χ3v) is 3.16. The van der Waals surface area contributed by atoms with Crippen LogP contribution in [0.2, 0.25) is 10.0 Å². The zero-order valence-electron chi connectivity index (χ0n) is 8.34. The summed E-state index contributed by atoms with van der Waals surface area (Å²) in [4.78, 5) is 0. The van der Waals surface area contributed by atoms with Crippen LogP contribution in [-0.2, 0) is 0 Å². The first-order chi connectivity index (χ1) is 7.20. The molecule has 0 aromatic heterocycles. The number of nitrogens with two attached hydrogens (primary N) is 1. The summed E-state index contributed by atoms with van der Waals surface area (Å²) >= 11 is 12.1. The lowest BCUT2D eigenvalue weighted by Gasteiger charge is -2.18. The molecule has 4 heteroatoms. The van der Waals surface area contributed by atoms with E-state index >= 15 is 0 Å². The summed E-state index contributed by atoms with van der Waals surface area (Å²) < 4.78 is 0. The van der Waals surface area contributed by atoms with Gasteiger partial charge in [-0.15, -0.1) is 0 Å². The van der Waals surface area contributed by atoms with Crippen molar-refractivity contribution in [1.82, 2.24) is 5.32 Å². The largest absolute Gasteiger partial charge is 0.329 e. The normalized spacial score (nSPS) is 17.8. The molecule has 2 rings (SSSR count). The summed E-state index contributed by atoms with van der Waals surface area (Å²) in [5.41, 5.74) is 6.73. The van der Waals surface area contributed by atoms with Crippen LogP contribution in [0.1, 0.15) is 24.4 Å². The van der Waals surface area contributed by atoms with Crippen molar-refractivity contribution in [2.75, 3.05) is 6.54 Å². The second-order valence-corrected chi connectivity index (χ2v) is 4.74. The molecule has 0 spiro atoms. The van der Waals surface area contributed by atoms with E-state index in [0.717, 1.165) is 10.6 Å². The van der Waals surface area contributed by atoms with Crippen molar-refractivity contribution in [3.63, 3.8) is 0 Å². The molecule has 3 N–H and O–H groups in total. The van der Waals surface area contributed by atoms with Gasteiger partial charge in [-0.2, -0.15) is 0 Å². The predicted octanol–water partition coefficient (Wildman–Crippen LogP) is 2.75. The van der Waals surface area contributed by atoms with Crippen LogP contribution in [0.3, 0.4) is 0 Å². The molecule has 1 unspecified atom stereocenters. The van der Waals surface area contributed by atoms with E-state index in [1.807, 2.05) is 12.1 Å². The standard InChI is InChI=1S/C11H14Cl2N2/c12-7-1-4-10(13)9(5-7)11(6-14)15-8-2-3-8/h1,4-5,8,11,15H,2-3,6,14H2. The van der Waals surface area contributed by atoms with E-state index in [1.54, 1.807) is 6.07 Å². The molecule has 0 aliphatic heterocycles. The van der Waals surface area contributed by atoms with Crippen molar-refractivity contribution in [3.05, 3.63) is 33.8 Å². The lowest BCUT2D eigenvalue weighted by atomic mass is 10.1. The van der Waals surface area contributed by atoms with Crippen LogP contribution in [0, 0.1) is 0 Å². The van der Waals surface area contributed by atoms with E-state index in [9.17, 15) is 0 Å². The Kier molecular flexibility index (Phi) is 3.52. The predicted molar refractivity (Wildman–Crippen MR) is 64.4 cm³/mol. The lowest BCUT2D eigenvalue weighted by Crippen LogP contribution is -2.30. The number of benzene rings is 1. The minimum Gasteiger partial charge on any atom is -0.329 e. The van der Waals surface area contributed by atoms with Gasteiger partial charge in [0, 0.05) is 28.7 Å². The van der Waals surface area contributed by atoms with Crippen molar-refractivity contribution in [2.24, 2.45) is 5.73 Å². The maximum absolute atomic E-state index is 6.12. The van der Waals surface area contributed by atoms with Crippen molar-refractivity contribution in [1.29, 1.82) is 0 Å². The summed E-state index contributed by atoms with van der Waals surface area (Å²) in [5, 5.41) is 4.88. The van der Waals surface area contributed by atoms with Crippen LogP contribution < -0.4 is 11.1 Å². The Bertz CT molecular complexity index is 350. The van der Waals surface area contributed by atoms with Gasteiger partial charge in [0.15, 0.2) is 0 Å². The third-order valence-electron chi connectivity index (χ3n) is 2.58. The van der Waals surface area contributed by atoms with Gasteiger partial charge in [-0.3, -0.25) is 0 Å². The highest BCUT2D eigenvalue weighted by Crippen LogP contribution is 2.29. The molecule has 0 bridgehead atoms. The molecule has 0 heterocycles. The van der Waals surface area contributed by atoms with E-state index in [2.05, 4.69) is 5.32 Å². The highest BCUT2D eigenvalue weighted by molar-refractivity contribution is 6.33. The van der Waals surface area contributed by atoms with Gasteiger partial charge in [0.2, 0.25) is 0 Å². The molecule has 0 radical (unpaired) electrons. The molecule has 1 aliphatic carbocycles. The van der Waals surface area contributed by atoms with Crippen LogP contribution in [0.15, 0.2) is 18.2 Å². The average molecular weight is 245 g/mol. The number of rotatable bonds is 4. The number of hydrogen-bond donors (Lipinski definition) is 2. The monoisotopic (exact) mass is 244 g/mol. The smallest absolute Gasteiger partial charge is 0.0462 e. The van der Waals surface area contributed by atoms with Crippen molar-refractivity contribution >= 4 is 23.2 Å². The van der Waals surface area contributed by atoms with Crippen LogP contribution in [0.5, 0.6) is 0 Å². The van der Waals surface area contributed by atoms with E-state index in [-0.39, 0.29) is 6.04 Å². The van der Waals surface area contributed by atoms with Gasteiger partial charge in [-0.25, -0.2) is 0 Å². The minimum absolute atomic E-state index is 0.115. The molecule has 1 aromatic carbocycles. The first-order valence-corrected chi connectivity index (χ1v) is 5.87. The molecule has 1 fully saturated rings. The van der Waals surface area contributed by atoms with E-state index in [1.165, 1.54) is 12.8 Å². The Hall–Kier alpha value is -0.280. The van der Waals surface area contributed by atoms with Crippen LogP contribution in [0.25, 0.3) is 0 Å². The molecule has 1 aliphatic rings. The summed E-state index contributed by atoms with van der Waals surface area (Å²) in [7, 11) is 0. The fraction of sp³-hybridized carbons (Fsp3) is 0.455. The first-order valence-electron chi connectivity index (χ1n) is 5.12. The molecule has 15 heavy (non-hydrogen) atoms. The van der Waals surface area contributed by atoms with Crippen molar-refractivity contribution < 1.29 is 0 Å². The molecule has 1 saturated carbocycles. The van der Waals surface area contributed by atoms with Gasteiger partial charge in [-0.05, 0) is 36.6 Å². The Morgan fingerprint density at radius 3 is 2.73 bits per heavy atom. The van der Waals surface area contributed by atoms with Gasteiger partial charge in [-0.1, -0.05) is 23.2 Å². The van der Waals surface area contributed by atoms with Gasteiger partial charge in [0.25, 0.3) is 0 Å². The highest BCUT2D eigenvalue weighted by Gasteiger charge is 2.25. The maximum atomic E-state index is 6.12. The molecule has 1 atom stereocenters. The van der Waals surface area contributed by atoms with Gasteiger partial charge in [0.05, 0.1) is 0 Å². The Balaban J connectivity index is 2.19. The second kappa shape index (κ2) is 4.71.